The van der Waals surface area contributed by atoms with Crippen LogP contribution in [0.1, 0.15) is 25.8 Å². The Balaban J connectivity index is 2.23. The Bertz CT molecular complexity index is 859. The van der Waals surface area contributed by atoms with Crippen molar-refractivity contribution in [1.82, 2.24) is 16.1 Å². The number of hydrogen-bond donors (Lipinski definition) is 3. The van der Waals surface area contributed by atoms with Gasteiger partial charge in [-0.25, -0.2) is 0 Å². The number of thioether (sulfide) groups is 1. The molecule has 0 bridgehead atoms. The topological polar surface area (TPSA) is 110 Å². The molecule has 1 aromatic heterocycles. The molecule has 0 aliphatic carbocycles. The lowest BCUT2D eigenvalue weighted by Gasteiger charge is -2.29. The zero-order valence-corrected chi connectivity index (χ0v) is 20.1. The Morgan fingerprint density at radius 2 is 1.72 bits per heavy atom. The van der Waals surface area contributed by atoms with Crippen LogP contribution in [0.3, 0.4) is 0 Å². The molecule has 3 atom stereocenters. The third-order valence-corrected chi connectivity index (χ3v) is 7.30. The molecule has 0 saturated carbocycles. The summed E-state index contributed by atoms with van der Waals surface area (Å²) in [6.45, 7) is 3.91. The molecule has 0 radical (unpaired) electrons. The van der Waals surface area contributed by atoms with Crippen LogP contribution in [0.15, 0.2) is 52.1 Å². The van der Waals surface area contributed by atoms with Gasteiger partial charge in [0, 0.05) is 19.2 Å². The van der Waals surface area contributed by atoms with Gasteiger partial charge in [-0.05, 0) is 29.3 Å². The number of hydroxylamine groups is 1. The van der Waals surface area contributed by atoms with Crippen molar-refractivity contribution >= 4 is 40.8 Å². The fourth-order valence-electron chi connectivity index (χ4n) is 3.44. The second-order valence-corrected chi connectivity index (χ2v) is 10.2. The molecule has 2 rings (SSSR count). The molecular weight excluding hydrogens is 446 g/mol. The quantitative estimate of drug-likeness (QED) is 0.322. The second kappa shape index (κ2) is 13.2. The highest BCUT2D eigenvalue weighted by molar-refractivity contribution is 8.01. The highest BCUT2D eigenvalue weighted by Crippen LogP contribution is 2.31. The maximum atomic E-state index is 13.3. The van der Waals surface area contributed by atoms with E-state index in [1.807, 2.05) is 61.7 Å². The number of benzene rings is 1. The Morgan fingerprint density at radius 1 is 1.00 bits per heavy atom. The molecule has 0 saturated heterocycles. The van der Waals surface area contributed by atoms with E-state index in [1.54, 1.807) is 0 Å². The van der Waals surface area contributed by atoms with Crippen molar-refractivity contribution in [2.24, 2.45) is 17.8 Å². The van der Waals surface area contributed by atoms with E-state index in [4.69, 9.17) is 0 Å². The lowest BCUT2D eigenvalue weighted by Crippen LogP contribution is -2.51. The summed E-state index contributed by atoms with van der Waals surface area (Å²) < 4.78 is 1.00. The van der Waals surface area contributed by atoms with Gasteiger partial charge in [0.15, 0.2) is 0 Å². The van der Waals surface area contributed by atoms with E-state index in [1.165, 1.54) is 35.6 Å². The molecule has 174 valence electrons. The Labute approximate surface area is 197 Å². The molecule has 0 fully saturated rings. The van der Waals surface area contributed by atoms with Crippen molar-refractivity contribution < 1.29 is 14.4 Å². The first-order valence-corrected chi connectivity index (χ1v) is 12.4. The van der Waals surface area contributed by atoms with Crippen LogP contribution < -0.4 is 16.1 Å². The minimum Gasteiger partial charge on any atom is -0.759 e. The van der Waals surface area contributed by atoms with Crippen LogP contribution in [0.2, 0.25) is 0 Å². The van der Waals surface area contributed by atoms with Crippen molar-refractivity contribution in [3.8, 4) is 0 Å². The summed E-state index contributed by atoms with van der Waals surface area (Å²) in [7, 11) is 1.52. The molecule has 3 N–H and O–H groups in total. The third kappa shape index (κ3) is 7.96. The highest BCUT2D eigenvalue weighted by Gasteiger charge is 2.35. The van der Waals surface area contributed by atoms with Crippen LogP contribution >= 0.6 is 23.1 Å². The number of thiophene rings is 1. The lowest BCUT2D eigenvalue weighted by molar-refractivity contribution is -0.136. The van der Waals surface area contributed by atoms with Gasteiger partial charge in [0.05, 0.1) is 16.0 Å². The number of carbonyl (C=O) groups is 3. The number of amides is 3. The van der Waals surface area contributed by atoms with Gasteiger partial charge < -0.3 is 21.3 Å². The SMILES string of the molecule is CNC(=O)[C@H](Cc1ccccc1)NC(=O)[C@@H](CC(C)C)[C@@H](CSc1cccs1)C(=O)N[O-]. The van der Waals surface area contributed by atoms with Crippen molar-refractivity contribution in [3.05, 3.63) is 58.6 Å². The molecule has 1 aromatic carbocycles. The van der Waals surface area contributed by atoms with Crippen molar-refractivity contribution in [2.75, 3.05) is 12.8 Å². The molecule has 9 heteroatoms. The van der Waals surface area contributed by atoms with E-state index >= 15 is 0 Å². The van der Waals surface area contributed by atoms with Crippen molar-refractivity contribution in [1.29, 1.82) is 0 Å². The van der Waals surface area contributed by atoms with Gasteiger partial charge in [-0.1, -0.05) is 50.2 Å². The van der Waals surface area contributed by atoms with Gasteiger partial charge in [0.2, 0.25) is 17.7 Å². The molecule has 0 aliphatic rings. The number of nitrogens with one attached hydrogen (secondary N) is 3. The minimum atomic E-state index is -0.816. The average Bonchev–Trinajstić information content (AvgIpc) is 3.31. The Kier molecular flexibility index (Phi) is 10.7. The van der Waals surface area contributed by atoms with Crippen LogP contribution in [-0.4, -0.2) is 36.6 Å². The molecule has 0 spiro atoms. The predicted molar refractivity (Wildman–Crippen MR) is 129 cm³/mol. The zero-order chi connectivity index (χ0) is 23.5. The summed E-state index contributed by atoms with van der Waals surface area (Å²) >= 11 is 2.98. The summed E-state index contributed by atoms with van der Waals surface area (Å²) in [6, 6.07) is 12.5. The van der Waals surface area contributed by atoms with Crippen LogP contribution in [0.4, 0.5) is 0 Å². The third-order valence-electron chi connectivity index (χ3n) is 5.05. The maximum absolute atomic E-state index is 13.3. The summed E-state index contributed by atoms with van der Waals surface area (Å²) in [5, 5.41) is 18.6. The fourth-order valence-corrected chi connectivity index (χ4v) is 5.44. The minimum absolute atomic E-state index is 0.118. The van der Waals surface area contributed by atoms with Gasteiger partial charge >= 0.3 is 0 Å². The molecule has 1 heterocycles. The first-order valence-electron chi connectivity index (χ1n) is 10.5. The van der Waals surface area contributed by atoms with Crippen molar-refractivity contribution in [2.45, 2.75) is 36.9 Å². The van der Waals surface area contributed by atoms with Gasteiger partial charge in [0.1, 0.15) is 6.04 Å². The normalized spacial score (nSPS) is 13.8. The van der Waals surface area contributed by atoms with Crippen molar-refractivity contribution in [3.63, 3.8) is 0 Å². The zero-order valence-electron chi connectivity index (χ0n) is 18.5. The molecule has 0 unspecified atom stereocenters. The van der Waals surface area contributed by atoms with Gasteiger partial charge in [0.25, 0.3) is 0 Å². The molecule has 2 aromatic rings. The number of likely N-dealkylation sites (N-methyl/N-ethyl adjacent to an activating group) is 1. The van der Waals surface area contributed by atoms with Crippen LogP contribution in [0.5, 0.6) is 0 Å². The first kappa shape index (κ1) is 25.9. The summed E-state index contributed by atoms with van der Waals surface area (Å²) in [5.41, 5.74) is 2.38. The Hall–Kier alpha value is -2.36. The highest BCUT2D eigenvalue weighted by atomic mass is 32.2. The molecule has 3 amide bonds. The summed E-state index contributed by atoms with van der Waals surface area (Å²) in [4.78, 5) is 38.3. The fraction of sp³-hybridized carbons (Fsp3) is 0.435. The van der Waals surface area contributed by atoms with E-state index in [9.17, 15) is 19.6 Å². The number of carbonyl (C=O) groups excluding carboxylic acids is 3. The van der Waals surface area contributed by atoms with Crippen LogP contribution in [0.25, 0.3) is 0 Å². The van der Waals surface area contributed by atoms with Gasteiger partial charge in [-0.15, -0.1) is 23.1 Å². The monoisotopic (exact) mass is 476 g/mol. The molecule has 32 heavy (non-hydrogen) atoms. The summed E-state index contributed by atoms with van der Waals surface area (Å²) in [5.74, 6) is -2.57. The van der Waals surface area contributed by atoms with Crippen LogP contribution in [-0.2, 0) is 20.8 Å². The molecular formula is C23H30N3O4S2-. The number of rotatable bonds is 12. The van der Waals surface area contributed by atoms with E-state index < -0.39 is 29.7 Å². The lowest BCUT2D eigenvalue weighted by atomic mass is 9.84. The van der Waals surface area contributed by atoms with Crippen LogP contribution in [0, 0.1) is 23.0 Å². The predicted octanol–water partition coefficient (Wildman–Crippen LogP) is 3.21. The second-order valence-electron chi connectivity index (χ2n) is 7.92. The van der Waals surface area contributed by atoms with E-state index in [-0.39, 0.29) is 11.8 Å². The standard InChI is InChI=1S/C23H30N3O4S2/c1-15(2)12-17(18(22(28)26-30)14-32-20-10-7-11-31-20)21(27)25-19(23(29)24-3)13-16-8-5-4-6-9-16/h4-11,15,17-19H,12-14H2,1-3H3,(H3-,24,25,26,27,28,29,30)/q-1/t17-,18+,19-/m0/s1. The first-order chi connectivity index (χ1) is 15.3. The summed E-state index contributed by atoms with van der Waals surface area (Å²) in [6.07, 6.45) is 0.740. The number of hydrogen-bond acceptors (Lipinski definition) is 6. The maximum Gasteiger partial charge on any atom is 0.242 e. The molecule has 7 nitrogen and oxygen atoms in total. The van der Waals surface area contributed by atoms with Gasteiger partial charge in [-0.3, -0.25) is 14.4 Å². The largest absolute Gasteiger partial charge is 0.759 e. The van der Waals surface area contributed by atoms with Gasteiger partial charge in [-0.2, -0.15) is 0 Å². The smallest absolute Gasteiger partial charge is 0.242 e. The average molecular weight is 477 g/mol. The van der Waals surface area contributed by atoms with E-state index in [0.717, 1.165) is 9.77 Å². The molecule has 0 aliphatic heterocycles. The Morgan fingerprint density at radius 3 is 2.28 bits per heavy atom. The van der Waals surface area contributed by atoms with E-state index in [0.29, 0.717) is 18.6 Å². The van der Waals surface area contributed by atoms with E-state index in [2.05, 4.69) is 10.6 Å².